The molecule has 1 aromatic carbocycles. The van der Waals surface area contributed by atoms with Gasteiger partial charge in [0, 0.05) is 23.8 Å². The van der Waals surface area contributed by atoms with Gasteiger partial charge in [0.15, 0.2) is 0 Å². The number of nitrogens with zero attached hydrogens (tertiary/aromatic N) is 1. The quantitative estimate of drug-likeness (QED) is 0.617. The van der Waals surface area contributed by atoms with Crippen LogP contribution < -0.4 is 10.6 Å². The number of nitrogens with two attached hydrogens (primary N) is 1. The van der Waals surface area contributed by atoms with E-state index in [1.54, 1.807) is 0 Å². The minimum Gasteiger partial charge on any atom is -0.384 e. The van der Waals surface area contributed by atoms with Gasteiger partial charge in [0.25, 0.3) is 0 Å². The number of hydrogen-bond acceptors (Lipinski definition) is 2. The second kappa shape index (κ2) is 4.30. The maximum absolute atomic E-state index is 7.75. The van der Waals surface area contributed by atoms with Crippen LogP contribution in [0.2, 0.25) is 0 Å². The zero-order chi connectivity index (χ0) is 12.7. The topological polar surface area (TPSA) is 53.1 Å². The van der Waals surface area contributed by atoms with Crippen molar-refractivity contribution in [2.24, 2.45) is 11.7 Å². The van der Waals surface area contributed by atoms with E-state index < -0.39 is 0 Å². The normalized spacial score (nSPS) is 18.7. The predicted molar refractivity (Wildman–Crippen MR) is 75.3 cm³/mol. The highest BCUT2D eigenvalue weighted by Gasteiger charge is 2.34. The Kier molecular flexibility index (Phi) is 2.77. The van der Waals surface area contributed by atoms with Gasteiger partial charge in [0.1, 0.15) is 5.84 Å². The van der Waals surface area contributed by atoms with Gasteiger partial charge >= 0.3 is 0 Å². The number of nitrogens with one attached hydrogen (secondary N) is 1. The zero-order valence-electron chi connectivity index (χ0n) is 10.9. The molecule has 0 atom stereocenters. The lowest BCUT2D eigenvalue weighted by molar-refractivity contribution is 0.718. The highest BCUT2D eigenvalue weighted by Crippen LogP contribution is 2.39. The molecule has 2 saturated carbocycles. The molecule has 0 saturated heterocycles. The highest BCUT2D eigenvalue weighted by atomic mass is 15.2. The third-order valence-electron chi connectivity index (χ3n) is 3.89. The van der Waals surface area contributed by atoms with Crippen molar-refractivity contribution in [3.63, 3.8) is 0 Å². The molecule has 96 valence electrons. The van der Waals surface area contributed by atoms with Gasteiger partial charge in [-0.15, -0.1) is 0 Å². The lowest BCUT2D eigenvalue weighted by atomic mass is 10.1. The van der Waals surface area contributed by atoms with E-state index in [-0.39, 0.29) is 5.84 Å². The summed E-state index contributed by atoms with van der Waals surface area (Å²) in [6.45, 7) is 3.25. The van der Waals surface area contributed by atoms with Crippen LogP contribution in [0, 0.1) is 18.3 Å². The third-order valence-corrected chi connectivity index (χ3v) is 3.89. The van der Waals surface area contributed by atoms with Crippen molar-refractivity contribution < 1.29 is 0 Å². The number of anilines is 1. The Morgan fingerprint density at radius 1 is 1.33 bits per heavy atom. The molecule has 0 amide bonds. The maximum atomic E-state index is 7.75. The van der Waals surface area contributed by atoms with Crippen LogP contribution in [0.5, 0.6) is 0 Å². The summed E-state index contributed by atoms with van der Waals surface area (Å²) in [5.41, 5.74) is 9.05. The summed E-state index contributed by atoms with van der Waals surface area (Å²) in [5.74, 6) is 1.05. The monoisotopic (exact) mass is 243 g/mol. The molecule has 0 heterocycles. The van der Waals surface area contributed by atoms with Crippen LogP contribution >= 0.6 is 0 Å². The standard InChI is InChI=1S/C15H21N3/c1-10-2-7-13(15(16)17)14(8-10)18(12-5-6-12)9-11-3-4-11/h2,7-8,11-12H,3-6,9H2,1H3,(H3,16,17). The molecular weight excluding hydrogens is 222 g/mol. The molecule has 0 radical (unpaired) electrons. The van der Waals surface area contributed by atoms with Gasteiger partial charge in [-0.25, -0.2) is 0 Å². The van der Waals surface area contributed by atoms with Crippen LogP contribution in [0.15, 0.2) is 18.2 Å². The van der Waals surface area contributed by atoms with E-state index in [1.807, 2.05) is 12.1 Å². The fraction of sp³-hybridized carbons (Fsp3) is 0.533. The summed E-state index contributed by atoms with van der Waals surface area (Å²) in [4.78, 5) is 2.50. The minimum atomic E-state index is 0.187. The van der Waals surface area contributed by atoms with E-state index in [0.29, 0.717) is 6.04 Å². The fourth-order valence-corrected chi connectivity index (χ4v) is 2.52. The first-order chi connectivity index (χ1) is 8.65. The molecule has 2 fully saturated rings. The van der Waals surface area contributed by atoms with Crippen LogP contribution in [0.25, 0.3) is 0 Å². The van der Waals surface area contributed by atoms with Crippen LogP contribution in [0.1, 0.15) is 36.8 Å². The van der Waals surface area contributed by atoms with E-state index in [2.05, 4.69) is 17.9 Å². The molecule has 3 heteroatoms. The zero-order valence-corrected chi connectivity index (χ0v) is 10.9. The maximum Gasteiger partial charge on any atom is 0.124 e. The Morgan fingerprint density at radius 3 is 2.61 bits per heavy atom. The minimum absolute atomic E-state index is 0.187. The molecule has 1 aromatic rings. The number of rotatable bonds is 5. The van der Waals surface area contributed by atoms with Crippen molar-refractivity contribution in [2.45, 2.75) is 38.6 Å². The molecule has 0 unspecified atom stereocenters. The Bertz CT molecular complexity index is 473. The molecule has 3 rings (SSSR count). The molecule has 2 aliphatic rings. The van der Waals surface area contributed by atoms with Gasteiger partial charge in [0.2, 0.25) is 0 Å². The van der Waals surface area contributed by atoms with Gasteiger partial charge in [0.05, 0.1) is 0 Å². The summed E-state index contributed by atoms with van der Waals surface area (Å²) in [6.07, 6.45) is 5.31. The first kappa shape index (κ1) is 11.6. The van der Waals surface area contributed by atoms with E-state index in [9.17, 15) is 0 Å². The fourth-order valence-electron chi connectivity index (χ4n) is 2.52. The van der Waals surface area contributed by atoms with Crippen molar-refractivity contribution in [3.05, 3.63) is 29.3 Å². The van der Waals surface area contributed by atoms with E-state index in [4.69, 9.17) is 11.1 Å². The number of benzene rings is 1. The Hall–Kier alpha value is -1.51. The molecule has 2 aliphatic carbocycles. The molecule has 18 heavy (non-hydrogen) atoms. The number of aryl methyl sites for hydroxylation is 1. The van der Waals surface area contributed by atoms with Crippen molar-refractivity contribution in [1.29, 1.82) is 5.41 Å². The summed E-state index contributed by atoms with van der Waals surface area (Å²) in [7, 11) is 0. The molecular formula is C15H21N3. The smallest absolute Gasteiger partial charge is 0.124 e. The molecule has 0 aliphatic heterocycles. The van der Waals surface area contributed by atoms with Crippen molar-refractivity contribution in [3.8, 4) is 0 Å². The van der Waals surface area contributed by atoms with Crippen molar-refractivity contribution >= 4 is 11.5 Å². The van der Waals surface area contributed by atoms with Gasteiger partial charge in [-0.2, -0.15) is 0 Å². The van der Waals surface area contributed by atoms with Crippen LogP contribution in [0.3, 0.4) is 0 Å². The van der Waals surface area contributed by atoms with E-state index in [0.717, 1.165) is 18.0 Å². The average molecular weight is 243 g/mol. The second-order valence-corrected chi connectivity index (χ2v) is 5.76. The molecule has 3 N–H and O–H groups in total. The molecule has 0 spiro atoms. The average Bonchev–Trinajstić information content (AvgIpc) is 3.18. The van der Waals surface area contributed by atoms with Crippen LogP contribution in [-0.4, -0.2) is 18.4 Å². The van der Waals surface area contributed by atoms with Crippen molar-refractivity contribution in [1.82, 2.24) is 0 Å². The third kappa shape index (κ3) is 2.35. The summed E-state index contributed by atoms with van der Waals surface area (Å²) >= 11 is 0. The molecule has 0 aromatic heterocycles. The Labute approximate surface area is 108 Å². The SMILES string of the molecule is Cc1ccc(C(=N)N)c(N(CC2CC2)C2CC2)c1. The van der Waals surface area contributed by atoms with Gasteiger partial charge < -0.3 is 10.6 Å². The number of amidine groups is 1. The highest BCUT2D eigenvalue weighted by molar-refractivity contribution is 6.00. The summed E-state index contributed by atoms with van der Waals surface area (Å²) in [6, 6.07) is 6.92. The largest absolute Gasteiger partial charge is 0.384 e. The number of hydrogen-bond donors (Lipinski definition) is 2. The summed E-state index contributed by atoms with van der Waals surface area (Å²) in [5, 5.41) is 7.75. The predicted octanol–water partition coefficient (Wildman–Crippen LogP) is 2.66. The molecule has 3 nitrogen and oxygen atoms in total. The van der Waals surface area contributed by atoms with Gasteiger partial charge in [-0.05, 0) is 56.2 Å². The summed E-state index contributed by atoms with van der Waals surface area (Å²) < 4.78 is 0. The lowest BCUT2D eigenvalue weighted by Crippen LogP contribution is -2.30. The first-order valence-electron chi connectivity index (χ1n) is 6.87. The molecule has 0 bridgehead atoms. The first-order valence-corrected chi connectivity index (χ1v) is 6.87. The van der Waals surface area contributed by atoms with E-state index >= 15 is 0 Å². The Balaban J connectivity index is 1.95. The van der Waals surface area contributed by atoms with Crippen LogP contribution in [-0.2, 0) is 0 Å². The van der Waals surface area contributed by atoms with Gasteiger partial charge in [-0.1, -0.05) is 6.07 Å². The van der Waals surface area contributed by atoms with E-state index in [1.165, 1.54) is 36.9 Å². The lowest BCUT2D eigenvalue weighted by Gasteiger charge is -2.27. The Morgan fingerprint density at radius 2 is 2.06 bits per heavy atom. The second-order valence-electron chi connectivity index (χ2n) is 5.76. The van der Waals surface area contributed by atoms with Crippen LogP contribution in [0.4, 0.5) is 5.69 Å². The van der Waals surface area contributed by atoms with Gasteiger partial charge in [-0.3, -0.25) is 5.41 Å². The van der Waals surface area contributed by atoms with Crippen molar-refractivity contribution in [2.75, 3.05) is 11.4 Å². The number of nitrogen functional groups attached to an aromatic ring is 1.